The Morgan fingerprint density at radius 1 is 1.44 bits per heavy atom. The van der Waals surface area contributed by atoms with Gasteiger partial charge in [-0.3, -0.25) is 9.69 Å². The van der Waals surface area contributed by atoms with Crippen LogP contribution in [0.2, 0.25) is 0 Å². The van der Waals surface area contributed by atoms with E-state index in [0.29, 0.717) is 0 Å². The van der Waals surface area contributed by atoms with Gasteiger partial charge in [-0.15, -0.1) is 0 Å². The SMILES string of the molecule is C=CC(=O)N1CCN(Cc2ccsc2)CC1. The maximum atomic E-state index is 11.4. The molecule has 0 aliphatic carbocycles. The van der Waals surface area contributed by atoms with Crippen LogP contribution in [0.4, 0.5) is 0 Å². The third-order valence-electron chi connectivity index (χ3n) is 2.84. The van der Waals surface area contributed by atoms with Gasteiger partial charge < -0.3 is 4.90 Å². The van der Waals surface area contributed by atoms with Crippen LogP contribution in [0.1, 0.15) is 5.56 Å². The lowest BCUT2D eigenvalue weighted by atomic mass is 10.2. The molecule has 1 amide bonds. The van der Waals surface area contributed by atoms with Crippen molar-refractivity contribution in [2.24, 2.45) is 0 Å². The number of carbonyl (C=O) groups is 1. The molecule has 0 unspecified atom stereocenters. The van der Waals surface area contributed by atoms with Crippen molar-refractivity contribution in [1.82, 2.24) is 9.80 Å². The summed E-state index contributed by atoms with van der Waals surface area (Å²) in [5.41, 5.74) is 1.37. The molecule has 1 aromatic rings. The van der Waals surface area contributed by atoms with Gasteiger partial charge in [0.15, 0.2) is 0 Å². The highest BCUT2D eigenvalue weighted by Crippen LogP contribution is 2.11. The molecule has 16 heavy (non-hydrogen) atoms. The van der Waals surface area contributed by atoms with Gasteiger partial charge in [0.2, 0.25) is 5.91 Å². The Labute approximate surface area is 100.0 Å². The van der Waals surface area contributed by atoms with E-state index in [0.717, 1.165) is 32.7 Å². The number of hydrogen-bond acceptors (Lipinski definition) is 3. The summed E-state index contributed by atoms with van der Waals surface area (Å²) in [7, 11) is 0. The zero-order chi connectivity index (χ0) is 11.4. The van der Waals surface area contributed by atoms with E-state index < -0.39 is 0 Å². The number of nitrogens with zero attached hydrogens (tertiary/aromatic N) is 2. The largest absolute Gasteiger partial charge is 0.337 e. The van der Waals surface area contributed by atoms with Crippen LogP contribution in [0, 0.1) is 0 Å². The first-order valence-corrected chi connectivity index (χ1v) is 6.38. The first-order chi connectivity index (χ1) is 7.79. The third-order valence-corrected chi connectivity index (χ3v) is 3.58. The molecule has 1 aliphatic rings. The molecule has 0 atom stereocenters. The van der Waals surface area contributed by atoms with Gasteiger partial charge in [0.25, 0.3) is 0 Å². The number of thiophene rings is 1. The van der Waals surface area contributed by atoms with Gasteiger partial charge in [-0.2, -0.15) is 11.3 Å². The van der Waals surface area contributed by atoms with Crippen LogP contribution in [0.25, 0.3) is 0 Å². The van der Waals surface area contributed by atoms with E-state index in [9.17, 15) is 4.79 Å². The Balaban J connectivity index is 1.81. The molecule has 4 heteroatoms. The highest BCUT2D eigenvalue weighted by atomic mass is 32.1. The number of carbonyl (C=O) groups excluding carboxylic acids is 1. The standard InChI is InChI=1S/C12H16N2OS/c1-2-12(15)14-6-4-13(5-7-14)9-11-3-8-16-10-11/h2-3,8,10H,1,4-7,9H2. The Morgan fingerprint density at radius 3 is 2.75 bits per heavy atom. The first kappa shape index (κ1) is 11.4. The van der Waals surface area contributed by atoms with Crippen LogP contribution in [0.5, 0.6) is 0 Å². The normalized spacial score (nSPS) is 17.4. The van der Waals surface area contributed by atoms with E-state index in [4.69, 9.17) is 0 Å². The van der Waals surface area contributed by atoms with Crippen molar-refractivity contribution >= 4 is 17.2 Å². The minimum Gasteiger partial charge on any atom is -0.337 e. The van der Waals surface area contributed by atoms with Crippen molar-refractivity contribution in [3.8, 4) is 0 Å². The van der Waals surface area contributed by atoms with Crippen LogP contribution in [-0.2, 0) is 11.3 Å². The Morgan fingerprint density at radius 2 is 2.19 bits per heavy atom. The van der Waals surface area contributed by atoms with Crippen LogP contribution in [-0.4, -0.2) is 41.9 Å². The molecule has 1 saturated heterocycles. The molecule has 2 heterocycles. The Hall–Kier alpha value is -1.13. The quantitative estimate of drug-likeness (QED) is 0.744. The summed E-state index contributed by atoms with van der Waals surface area (Å²) in [6.45, 7) is 8.05. The monoisotopic (exact) mass is 236 g/mol. The topological polar surface area (TPSA) is 23.6 Å². The van der Waals surface area contributed by atoms with E-state index in [2.05, 4.69) is 28.3 Å². The van der Waals surface area contributed by atoms with E-state index in [1.54, 1.807) is 11.3 Å². The Bertz CT molecular complexity index is 353. The number of piperazine rings is 1. The molecule has 0 bridgehead atoms. The van der Waals surface area contributed by atoms with Crippen LogP contribution < -0.4 is 0 Å². The van der Waals surface area contributed by atoms with Gasteiger partial charge in [-0.1, -0.05) is 6.58 Å². The Kier molecular flexibility index (Phi) is 3.74. The van der Waals surface area contributed by atoms with Gasteiger partial charge in [0, 0.05) is 32.7 Å². The zero-order valence-electron chi connectivity index (χ0n) is 9.26. The van der Waals surface area contributed by atoms with Gasteiger partial charge in [0.05, 0.1) is 0 Å². The van der Waals surface area contributed by atoms with E-state index in [1.165, 1.54) is 11.6 Å². The van der Waals surface area contributed by atoms with Crippen molar-refractivity contribution < 1.29 is 4.79 Å². The van der Waals surface area contributed by atoms with Crippen molar-refractivity contribution in [3.05, 3.63) is 35.0 Å². The molecule has 3 nitrogen and oxygen atoms in total. The molecule has 0 radical (unpaired) electrons. The highest BCUT2D eigenvalue weighted by Gasteiger charge is 2.19. The first-order valence-electron chi connectivity index (χ1n) is 5.44. The third kappa shape index (κ3) is 2.71. The summed E-state index contributed by atoms with van der Waals surface area (Å²) in [5, 5.41) is 4.29. The molecular formula is C12H16N2OS. The molecule has 1 fully saturated rings. The molecule has 0 spiro atoms. The summed E-state index contributed by atoms with van der Waals surface area (Å²) in [6.07, 6.45) is 1.40. The zero-order valence-corrected chi connectivity index (χ0v) is 10.1. The molecule has 86 valence electrons. The van der Waals surface area contributed by atoms with Crippen molar-refractivity contribution in [2.45, 2.75) is 6.54 Å². The average molecular weight is 236 g/mol. The predicted octanol–water partition coefficient (Wildman–Crippen LogP) is 1.58. The molecule has 0 N–H and O–H groups in total. The van der Waals surface area contributed by atoms with Gasteiger partial charge in [0.1, 0.15) is 0 Å². The fraction of sp³-hybridized carbons (Fsp3) is 0.417. The molecular weight excluding hydrogens is 220 g/mol. The minimum absolute atomic E-state index is 0.0511. The lowest BCUT2D eigenvalue weighted by Gasteiger charge is -2.34. The smallest absolute Gasteiger partial charge is 0.246 e. The molecule has 1 aromatic heterocycles. The second-order valence-corrected chi connectivity index (χ2v) is 4.72. The fourth-order valence-corrected chi connectivity index (χ4v) is 2.56. The average Bonchev–Trinajstić information content (AvgIpc) is 2.82. The maximum Gasteiger partial charge on any atom is 0.246 e. The maximum absolute atomic E-state index is 11.4. The highest BCUT2D eigenvalue weighted by molar-refractivity contribution is 7.07. The predicted molar refractivity (Wildman–Crippen MR) is 66.4 cm³/mol. The van der Waals surface area contributed by atoms with Crippen LogP contribution in [0.3, 0.4) is 0 Å². The van der Waals surface area contributed by atoms with Crippen LogP contribution >= 0.6 is 11.3 Å². The van der Waals surface area contributed by atoms with Crippen molar-refractivity contribution in [2.75, 3.05) is 26.2 Å². The minimum atomic E-state index is 0.0511. The number of rotatable bonds is 3. The van der Waals surface area contributed by atoms with Gasteiger partial charge in [-0.05, 0) is 28.5 Å². The van der Waals surface area contributed by atoms with E-state index in [1.807, 2.05) is 4.90 Å². The van der Waals surface area contributed by atoms with Crippen molar-refractivity contribution in [1.29, 1.82) is 0 Å². The molecule has 0 aromatic carbocycles. The summed E-state index contributed by atoms with van der Waals surface area (Å²) >= 11 is 1.73. The lowest BCUT2D eigenvalue weighted by Crippen LogP contribution is -2.47. The number of amides is 1. The van der Waals surface area contributed by atoms with Crippen molar-refractivity contribution in [3.63, 3.8) is 0 Å². The van der Waals surface area contributed by atoms with Crippen LogP contribution in [0.15, 0.2) is 29.5 Å². The molecule has 1 aliphatic heterocycles. The molecule has 0 saturated carbocycles. The van der Waals surface area contributed by atoms with E-state index >= 15 is 0 Å². The van der Waals surface area contributed by atoms with E-state index in [-0.39, 0.29) is 5.91 Å². The summed E-state index contributed by atoms with van der Waals surface area (Å²) in [5.74, 6) is 0.0511. The fourth-order valence-electron chi connectivity index (χ4n) is 1.90. The van der Waals surface area contributed by atoms with Gasteiger partial charge in [-0.25, -0.2) is 0 Å². The number of hydrogen-bond donors (Lipinski definition) is 0. The summed E-state index contributed by atoms with van der Waals surface area (Å²) in [4.78, 5) is 15.6. The molecule has 2 rings (SSSR count). The second kappa shape index (κ2) is 5.27. The lowest BCUT2D eigenvalue weighted by molar-refractivity contribution is -0.127. The summed E-state index contributed by atoms with van der Waals surface area (Å²) in [6, 6.07) is 2.16. The summed E-state index contributed by atoms with van der Waals surface area (Å²) < 4.78 is 0. The van der Waals surface area contributed by atoms with Gasteiger partial charge >= 0.3 is 0 Å². The second-order valence-electron chi connectivity index (χ2n) is 3.94.